The van der Waals surface area contributed by atoms with Gasteiger partial charge in [0, 0.05) is 48.8 Å². The minimum absolute atomic E-state index is 0.0759. The van der Waals surface area contributed by atoms with Crippen LogP contribution in [0.4, 0.5) is 5.95 Å². The Hall–Kier alpha value is -2.54. The van der Waals surface area contributed by atoms with Crippen molar-refractivity contribution >= 4 is 11.9 Å². The predicted molar refractivity (Wildman–Crippen MR) is 99.9 cm³/mol. The fraction of sp³-hybridized carbons (Fsp3) is 0.474. The van der Waals surface area contributed by atoms with Gasteiger partial charge in [-0.05, 0) is 44.9 Å². The Kier molecular flexibility index (Phi) is 4.55. The molecule has 1 saturated carbocycles. The number of anilines is 1. The highest BCUT2D eigenvalue weighted by Crippen LogP contribution is 2.23. The van der Waals surface area contributed by atoms with E-state index in [-0.39, 0.29) is 11.9 Å². The maximum Gasteiger partial charge on any atom is 0.239 e. The van der Waals surface area contributed by atoms with Crippen molar-refractivity contribution in [2.45, 2.75) is 38.8 Å². The Balaban J connectivity index is 1.52. The first-order valence-corrected chi connectivity index (χ1v) is 9.16. The van der Waals surface area contributed by atoms with Crippen LogP contribution in [0.15, 0.2) is 24.4 Å². The molecule has 136 valence electrons. The first-order chi connectivity index (χ1) is 12.6. The zero-order valence-electron chi connectivity index (χ0n) is 15.2. The number of aromatic nitrogens is 3. The summed E-state index contributed by atoms with van der Waals surface area (Å²) in [6.45, 7) is 6.07. The van der Waals surface area contributed by atoms with Gasteiger partial charge in [0.2, 0.25) is 11.9 Å². The lowest BCUT2D eigenvalue weighted by Gasteiger charge is -2.33. The van der Waals surface area contributed by atoms with E-state index in [2.05, 4.69) is 25.5 Å². The summed E-state index contributed by atoms with van der Waals surface area (Å²) in [5.74, 6) is 0.736. The van der Waals surface area contributed by atoms with Gasteiger partial charge >= 0.3 is 0 Å². The van der Waals surface area contributed by atoms with E-state index < -0.39 is 0 Å². The smallest absolute Gasteiger partial charge is 0.239 e. The third-order valence-corrected chi connectivity index (χ3v) is 4.84. The zero-order chi connectivity index (χ0) is 18.1. The highest BCUT2D eigenvalue weighted by atomic mass is 16.2. The van der Waals surface area contributed by atoms with Gasteiger partial charge in [-0.1, -0.05) is 0 Å². The van der Waals surface area contributed by atoms with Crippen molar-refractivity contribution in [1.82, 2.24) is 25.6 Å². The van der Waals surface area contributed by atoms with Crippen LogP contribution >= 0.6 is 0 Å². The number of piperazine rings is 1. The molecule has 0 unspecified atom stereocenters. The molecule has 1 atom stereocenters. The van der Waals surface area contributed by atoms with Crippen LogP contribution in [0.2, 0.25) is 0 Å². The average molecular weight is 352 g/mol. The van der Waals surface area contributed by atoms with Gasteiger partial charge in [-0.15, -0.1) is 0 Å². The molecule has 7 nitrogen and oxygen atoms in total. The summed E-state index contributed by atoms with van der Waals surface area (Å²) in [5, 5.41) is 6.36. The first-order valence-electron chi connectivity index (χ1n) is 9.16. The second-order valence-corrected chi connectivity index (χ2v) is 7.06. The van der Waals surface area contributed by atoms with Crippen LogP contribution in [0.1, 0.15) is 24.2 Å². The molecule has 1 aliphatic carbocycles. The summed E-state index contributed by atoms with van der Waals surface area (Å²) in [6, 6.07) is 6.10. The van der Waals surface area contributed by atoms with E-state index >= 15 is 0 Å². The molecular formula is C19H24N6O. The highest BCUT2D eigenvalue weighted by Gasteiger charge is 2.31. The number of nitrogens with one attached hydrogen (secondary N) is 2. The normalized spacial score (nSPS) is 20.1. The van der Waals surface area contributed by atoms with Crippen molar-refractivity contribution in [3.63, 3.8) is 0 Å². The Morgan fingerprint density at radius 1 is 1.23 bits per heavy atom. The molecule has 0 radical (unpaired) electrons. The van der Waals surface area contributed by atoms with E-state index in [0.29, 0.717) is 18.5 Å². The van der Waals surface area contributed by atoms with E-state index in [0.717, 1.165) is 48.6 Å². The summed E-state index contributed by atoms with van der Waals surface area (Å²) < 4.78 is 0. The molecule has 0 bridgehead atoms. The Labute approximate surface area is 153 Å². The van der Waals surface area contributed by atoms with Gasteiger partial charge in [-0.2, -0.15) is 0 Å². The molecule has 0 spiro atoms. The van der Waals surface area contributed by atoms with Crippen LogP contribution in [0.3, 0.4) is 0 Å². The maximum absolute atomic E-state index is 12.3. The summed E-state index contributed by atoms with van der Waals surface area (Å²) >= 11 is 0. The summed E-state index contributed by atoms with van der Waals surface area (Å²) in [5.41, 5.74) is 3.82. The van der Waals surface area contributed by atoms with Crippen LogP contribution in [-0.2, 0) is 4.79 Å². The molecule has 2 aromatic rings. The lowest BCUT2D eigenvalue weighted by atomic mass is 10.1. The van der Waals surface area contributed by atoms with Gasteiger partial charge in [0.1, 0.15) is 6.04 Å². The zero-order valence-corrected chi connectivity index (χ0v) is 15.2. The van der Waals surface area contributed by atoms with Crippen LogP contribution in [0, 0.1) is 13.8 Å². The van der Waals surface area contributed by atoms with Crippen LogP contribution in [-0.4, -0.2) is 52.6 Å². The lowest BCUT2D eigenvalue weighted by Crippen LogP contribution is -2.57. The molecule has 26 heavy (non-hydrogen) atoms. The van der Waals surface area contributed by atoms with Gasteiger partial charge in [-0.3, -0.25) is 9.78 Å². The molecule has 0 aromatic carbocycles. The van der Waals surface area contributed by atoms with Gasteiger partial charge in [0.05, 0.1) is 5.69 Å². The molecular weight excluding hydrogens is 328 g/mol. The van der Waals surface area contributed by atoms with E-state index in [1.807, 2.05) is 32.0 Å². The molecule has 2 fully saturated rings. The first kappa shape index (κ1) is 16.9. The Morgan fingerprint density at radius 2 is 2.08 bits per heavy atom. The summed E-state index contributed by atoms with van der Waals surface area (Å²) in [7, 11) is 0. The minimum atomic E-state index is -0.223. The number of nitrogens with zero attached hydrogens (tertiary/aromatic N) is 4. The third kappa shape index (κ3) is 3.67. The quantitative estimate of drug-likeness (QED) is 0.861. The van der Waals surface area contributed by atoms with Crippen molar-refractivity contribution < 1.29 is 4.79 Å². The SMILES string of the molecule is Cc1ccc(-c2ccnc(N3CCN[C@@H](C(=O)NC4CC4)C3)n2)c(C)n1. The second kappa shape index (κ2) is 6.99. The van der Waals surface area contributed by atoms with Crippen molar-refractivity contribution in [3.8, 4) is 11.3 Å². The maximum atomic E-state index is 12.3. The monoisotopic (exact) mass is 352 g/mol. The minimum Gasteiger partial charge on any atom is -0.352 e. The van der Waals surface area contributed by atoms with E-state index in [4.69, 9.17) is 4.98 Å². The fourth-order valence-corrected chi connectivity index (χ4v) is 3.24. The van der Waals surface area contributed by atoms with Crippen molar-refractivity contribution in [3.05, 3.63) is 35.8 Å². The van der Waals surface area contributed by atoms with Gasteiger partial charge in [0.15, 0.2) is 0 Å². The fourth-order valence-electron chi connectivity index (χ4n) is 3.24. The molecule has 1 amide bonds. The third-order valence-electron chi connectivity index (χ3n) is 4.84. The number of carbonyl (C=O) groups is 1. The van der Waals surface area contributed by atoms with Crippen molar-refractivity contribution in [1.29, 1.82) is 0 Å². The molecule has 3 heterocycles. The molecule has 7 heteroatoms. The Morgan fingerprint density at radius 3 is 2.85 bits per heavy atom. The number of hydrogen-bond donors (Lipinski definition) is 2. The topological polar surface area (TPSA) is 83.0 Å². The predicted octanol–water partition coefficient (Wildman–Crippen LogP) is 1.21. The molecule has 2 aromatic heterocycles. The lowest BCUT2D eigenvalue weighted by molar-refractivity contribution is -0.123. The number of amides is 1. The number of rotatable bonds is 4. The van der Waals surface area contributed by atoms with Crippen LogP contribution in [0.5, 0.6) is 0 Å². The van der Waals surface area contributed by atoms with E-state index in [1.54, 1.807) is 6.20 Å². The molecule has 2 N–H and O–H groups in total. The molecule has 2 aliphatic rings. The van der Waals surface area contributed by atoms with Crippen LogP contribution < -0.4 is 15.5 Å². The molecule has 4 rings (SSSR count). The van der Waals surface area contributed by atoms with E-state index in [1.165, 1.54) is 0 Å². The van der Waals surface area contributed by atoms with Gasteiger partial charge in [0.25, 0.3) is 0 Å². The van der Waals surface area contributed by atoms with Crippen molar-refractivity contribution in [2.75, 3.05) is 24.5 Å². The average Bonchev–Trinajstić information content (AvgIpc) is 3.46. The number of aryl methyl sites for hydroxylation is 2. The van der Waals surface area contributed by atoms with E-state index in [9.17, 15) is 4.79 Å². The Bertz CT molecular complexity index is 819. The molecule has 1 saturated heterocycles. The van der Waals surface area contributed by atoms with Gasteiger partial charge in [-0.25, -0.2) is 9.97 Å². The summed E-state index contributed by atoms with van der Waals surface area (Å²) in [6.07, 6.45) is 3.97. The number of pyridine rings is 1. The highest BCUT2D eigenvalue weighted by molar-refractivity contribution is 5.83. The van der Waals surface area contributed by atoms with Crippen LogP contribution in [0.25, 0.3) is 11.3 Å². The largest absolute Gasteiger partial charge is 0.352 e. The molecule has 1 aliphatic heterocycles. The number of carbonyl (C=O) groups excluding carboxylic acids is 1. The summed E-state index contributed by atoms with van der Waals surface area (Å²) in [4.78, 5) is 28.1. The second-order valence-electron chi connectivity index (χ2n) is 7.06. The number of hydrogen-bond acceptors (Lipinski definition) is 6. The van der Waals surface area contributed by atoms with Crippen molar-refractivity contribution in [2.24, 2.45) is 0 Å². The standard InChI is InChI=1S/C19H24N6O/c1-12-3-6-15(13(2)22-12)16-7-8-21-19(24-16)25-10-9-20-17(11-25)18(26)23-14-4-5-14/h3,6-8,14,17,20H,4-5,9-11H2,1-2H3,(H,23,26)/t17-/m1/s1. The van der Waals surface area contributed by atoms with Gasteiger partial charge < -0.3 is 15.5 Å².